The molecule has 0 spiro atoms. The summed E-state index contributed by atoms with van der Waals surface area (Å²) in [5, 5.41) is 0.566. The van der Waals surface area contributed by atoms with Crippen molar-refractivity contribution in [1.29, 1.82) is 0 Å². The molecular formula is C9H9N5OS. The highest BCUT2D eigenvalue weighted by Gasteiger charge is 2.15. The van der Waals surface area contributed by atoms with Crippen LogP contribution in [-0.4, -0.2) is 20.9 Å². The van der Waals surface area contributed by atoms with E-state index in [9.17, 15) is 4.79 Å². The Morgan fingerprint density at radius 3 is 2.75 bits per heavy atom. The zero-order valence-electron chi connectivity index (χ0n) is 8.47. The molecule has 0 radical (unpaired) electrons. The summed E-state index contributed by atoms with van der Waals surface area (Å²) in [7, 11) is 0. The van der Waals surface area contributed by atoms with Gasteiger partial charge in [0, 0.05) is 6.20 Å². The summed E-state index contributed by atoms with van der Waals surface area (Å²) in [5.74, 6) is 0.197. The van der Waals surface area contributed by atoms with Gasteiger partial charge in [0.1, 0.15) is 27.2 Å². The minimum Gasteiger partial charge on any atom is -0.382 e. The first-order chi connectivity index (χ1) is 7.58. The van der Waals surface area contributed by atoms with Crippen molar-refractivity contribution in [2.75, 3.05) is 5.73 Å². The summed E-state index contributed by atoms with van der Waals surface area (Å²) in [5.41, 5.74) is 11.4. The summed E-state index contributed by atoms with van der Waals surface area (Å²) in [6, 6.07) is 1.70. The highest BCUT2D eigenvalue weighted by Crippen LogP contribution is 2.27. The lowest BCUT2D eigenvalue weighted by Crippen LogP contribution is -2.10. The summed E-state index contributed by atoms with van der Waals surface area (Å²) < 4.78 is 0. The monoisotopic (exact) mass is 235 g/mol. The zero-order valence-corrected chi connectivity index (χ0v) is 9.28. The summed E-state index contributed by atoms with van der Waals surface area (Å²) in [6.45, 7) is 1.77. The van der Waals surface area contributed by atoms with Gasteiger partial charge in [-0.3, -0.25) is 4.79 Å². The van der Waals surface area contributed by atoms with Gasteiger partial charge in [0.2, 0.25) is 0 Å². The third-order valence-electron chi connectivity index (χ3n) is 1.87. The van der Waals surface area contributed by atoms with Crippen molar-refractivity contribution in [3.8, 4) is 10.7 Å². The van der Waals surface area contributed by atoms with Crippen LogP contribution in [0.25, 0.3) is 10.7 Å². The number of thiazole rings is 1. The quantitative estimate of drug-likeness (QED) is 0.792. The van der Waals surface area contributed by atoms with E-state index in [0.29, 0.717) is 16.5 Å². The predicted molar refractivity (Wildman–Crippen MR) is 60.8 cm³/mol. The second-order valence-corrected chi connectivity index (χ2v) is 4.09. The number of anilines is 1. The van der Waals surface area contributed by atoms with Crippen LogP contribution in [0.1, 0.15) is 15.5 Å². The lowest BCUT2D eigenvalue weighted by molar-refractivity contribution is 0.100. The molecule has 0 atom stereocenters. The normalized spacial score (nSPS) is 10.3. The second kappa shape index (κ2) is 3.86. The van der Waals surface area contributed by atoms with E-state index < -0.39 is 5.91 Å². The van der Waals surface area contributed by atoms with Crippen molar-refractivity contribution in [3.63, 3.8) is 0 Å². The van der Waals surface area contributed by atoms with Crippen LogP contribution in [0.15, 0.2) is 12.3 Å². The third-order valence-corrected chi connectivity index (χ3v) is 2.98. The number of aromatic nitrogens is 3. The number of aryl methyl sites for hydroxylation is 1. The lowest BCUT2D eigenvalue weighted by atomic mass is 10.4. The number of nitrogen functional groups attached to an aromatic ring is 1. The van der Waals surface area contributed by atoms with Crippen LogP contribution in [-0.2, 0) is 0 Å². The number of rotatable bonds is 2. The molecule has 7 heteroatoms. The summed E-state index contributed by atoms with van der Waals surface area (Å²) in [4.78, 5) is 23.5. The molecule has 4 N–H and O–H groups in total. The van der Waals surface area contributed by atoms with Gasteiger partial charge in [-0.05, 0) is 13.0 Å². The highest BCUT2D eigenvalue weighted by molar-refractivity contribution is 7.17. The van der Waals surface area contributed by atoms with Gasteiger partial charge in [0.05, 0.1) is 0 Å². The van der Waals surface area contributed by atoms with E-state index in [1.165, 1.54) is 0 Å². The van der Waals surface area contributed by atoms with E-state index in [0.717, 1.165) is 11.3 Å². The van der Waals surface area contributed by atoms with Crippen LogP contribution in [0.2, 0.25) is 0 Å². The molecular weight excluding hydrogens is 226 g/mol. The number of primary amides is 1. The molecule has 82 valence electrons. The Morgan fingerprint density at radius 2 is 2.19 bits per heavy atom. The van der Waals surface area contributed by atoms with Crippen LogP contribution >= 0.6 is 11.3 Å². The number of amides is 1. The minimum absolute atomic E-state index is 0.142. The SMILES string of the molecule is Cc1nccc(-c2nc(N)c(C(N)=O)s2)n1. The van der Waals surface area contributed by atoms with E-state index >= 15 is 0 Å². The molecule has 0 unspecified atom stereocenters. The van der Waals surface area contributed by atoms with Crippen molar-refractivity contribution < 1.29 is 4.79 Å². The maximum Gasteiger partial charge on any atom is 0.262 e. The predicted octanol–water partition coefficient (Wildman–Crippen LogP) is 0.590. The van der Waals surface area contributed by atoms with E-state index in [4.69, 9.17) is 11.5 Å². The fraction of sp³-hybridized carbons (Fsp3) is 0.111. The van der Waals surface area contributed by atoms with Crippen LogP contribution in [0.4, 0.5) is 5.82 Å². The van der Waals surface area contributed by atoms with Gasteiger partial charge in [-0.2, -0.15) is 0 Å². The van der Waals surface area contributed by atoms with Crippen LogP contribution < -0.4 is 11.5 Å². The Labute approximate surface area is 95.4 Å². The van der Waals surface area contributed by atoms with Crippen molar-refractivity contribution in [2.24, 2.45) is 5.73 Å². The topological polar surface area (TPSA) is 108 Å². The average Bonchev–Trinajstić information content (AvgIpc) is 2.60. The van der Waals surface area contributed by atoms with Crippen molar-refractivity contribution >= 4 is 23.1 Å². The number of hydrogen-bond donors (Lipinski definition) is 2. The Morgan fingerprint density at radius 1 is 1.44 bits per heavy atom. The lowest BCUT2D eigenvalue weighted by Gasteiger charge is -1.94. The average molecular weight is 235 g/mol. The van der Waals surface area contributed by atoms with Crippen LogP contribution in [0, 0.1) is 6.92 Å². The van der Waals surface area contributed by atoms with Gasteiger partial charge in [-0.25, -0.2) is 15.0 Å². The highest BCUT2D eigenvalue weighted by atomic mass is 32.1. The van der Waals surface area contributed by atoms with E-state index in [2.05, 4.69) is 15.0 Å². The number of carbonyl (C=O) groups is 1. The van der Waals surface area contributed by atoms with Crippen LogP contribution in [0.3, 0.4) is 0 Å². The van der Waals surface area contributed by atoms with Gasteiger partial charge in [-0.1, -0.05) is 0 Å². The Hall–Kier alpha value is -2.02. The number of nitrogens with zero attached hydrogens (tertiary/aromatic N) is 3. The number of nitrogens with two attached hydrogens (primary N) is 2. The zero-order chi connectivity index (χ0) is 11.7. The number of carbonyl (C=O) groups excluding carboxylic acids is 1. The first-order valence-electron chi connectivity index (χ1n) is 4.44. The molecule has 2 aromatic heterocycles. The van der Waals surface area contributed by atoms with Gasteiger partial charge >= 0.3 is 0 Å². The first kappa shape index (κ1) is 10.5. The Balaban J connectivity index is 2.49. The number of hydrogen-bond acceptors (Lipinski definition) is 6. The van der Waals surface area contributed by atoms with E-state index in [-0.39, 0.29) is 10.7 Å². The maximum atomic E-state index is 11.0. The maximum absolute atomic E-state index is 11.0. The molecule has 0 aliphatic rings. The molecule has 2 rings (SSSR count). The molecule has 0 aliphatic heterocycles. The summed E-state index contributed by atoms with van der Waals surface area (Å²) >= 11 is 1.13. The van der Waals surface area contributed by atoms with Crippen molar-refractivity contribution in [2.45, 2.75) is 6.92 Å². The minimum atomic E-state index is -0.577. The molecule has 6 nitrogen and oxygen atoms in total. The van der Waals surface area contributed by atoms with E-state index in [1.807, 2.05) is 0 Å². The van der Waals surface area contributed by atoms with E-state index in [1.54, 1.807) is 19.2 Å². The molecule has 0 bridgehead atoms. The molecule has 2 heterocycles. The van der Waals surface area contributed by atoms with Gasteiger partial charge in [0.15, 0.2) is 0 Å². The molecule has 0 aromatic carbocycles. The molecule has 16 heavy (non-hydrogen) atoms. The standard InChI is InChI=1S/C9H9N5OS/c1-4-12-3-2-5(13-4)9-14-7(10)6(16-9)8(11)15/h2-3H,10H2,1H3,(H2,11,15). The largest absolute Gasteiger partial charge is 0.382 e. The molecule has 0 aliphatic carbocycles. The second-order valence-electron chi connectivity index (χ2n) is 3.09. The summed E-state index contributed by atoms with van der Waals surface area (Å²) in [6.07, 6.45) is 1.62. The van der Waals surface area contributed by atoms with Gasteiger partial charge in [0.25, 0.3) is 5.91 Å². The van der Waals surface area contributed by atoms with Crippen molar-refractivity contribution in [3.05, 3.63) is 23.0 Å². The van der Waals surface area contributed by atoms with Gasteiger partial charge in [-0.15, -0.1) is 11.3 Å². The third kappa shape index (κ3) is 1.84. The Bertz CT molecular complexity index is 551. The molecule has 0 fully saturated rings. The molecule has 1 amide bonds. The Kier molecular flexibility index (Phi) is 2.53. The molecule has 2 aromatic rings. The van der Waals surface area contributed by atoms with Crippen molar-refractivity contribution in [1.82, 2.24) is 15.0 Å². The van der Waals surface area contributed by atoms with Crippen LogP contribution in [0.5, 0.6) is 0 Å². The smallest absolute Gasteiger partial charge is 0.262 e. The fourth-order valence-electron chi connectivity index (χ4n) is 1.19. The molecule has 0 saturated heterocycles. The van der Waals surface area contributed by atoms with Gasteiger partial charge < -0.3 is 11.5 Å². The molecule has 0 saturated carbocycles. The first-order valence-corrected chi connectivity index (χ1v) is 5.25. The fourth-order valence-corrected chi connectivity index (χ4v) is 2.00.